The number of anilines is 2. The number of nitrogens with two attached hydrogens (primary N) is 1. The molecule has 2 aromatic rings. The Morgan fingerprint density at radius 3 is 2.68 bits per heavy atom. The number of sulfonamides is 1. The topological polar surface area (TPSA) is 140 Å². The van der Waals surface area contributed by atoms with Gasteiger partial charge in [-0.25, -0.2) is 19.2 Å². The normalized spacial score (nSPS) is 11.2. The van der Waals surface area contributed by atoms with E-state index in [4.69, 9.17) is 5.84 Å². The average Bonchev–Trinajstić information content (AvgIpc) is 2.95. The third kappa shape index (κ3) is 2.81. The fraction of sp³-hybridized carbons (Fsp3) is 0. The molecule has 9 nitrogen and oxygen atoms in total. The largest absolute Gasteiger partial charge is 0.310 e. The maximum Gasteiger partial charge on any atom is 0.306 e. The smallest absolute Gasteiger partial charge is 0.306 e. The minimum Gasteiger partial charge on any atom is -0.310 e. The van der Waals surface area contributed by atoms with Gasteiger partial charge in [0, 0.05) is 17.6 Å². The molecule has 0 amide bonds. The zero-order valence-electron chi connectivity index (χ0n) is 9.06. The molecule has 0 bridgehead atoms. The van der Waals surface area contributed by atoms with Crippen molar-refractivity contribution in [3.63, 3.8) is 0 Å². The number of nitrogen functional groups attached to an aromatic ring is 1. The molecule has 2 aromatic heterocycles. The highest BCUT2D eigenvalue weighted by atomic mass is 32.2. The molecule has 0 saturated heterocycles. The van der Waals surface area contributed by atoms with Gasteiger partial charge in [-0.15, -0.1) is 11.3 Å². The summed E-state index contributed by atoms with van der Waals surface area (Å²) in [5.41, 5.74) is 1.70. The van der Waals surface area contributed by atoms with Crippen LogP contribution in [0.5, 0.6) is 0 Å². The first-order valence-electron chi connectivity index (χ1n) is 4.61. The van der Waals surface area contributed by atoms with Crippen molar-refractivity contribution < 1.29 is 13.3 Å². The number of hydrogen-bond donors (Lipinski definition) is 3. The molecule has 19 heavy (non-hydrogen) atoms. The van der Waals surface area contributed by atoms with E-state index < -0.39 is 20.6 Å². The molecule has 102 valence electrons. The molecule has 0 radical (unpaired) electrons. The molecule has 2 heterocycles. The van der Waals surface area contributed by atoms with Crippen molar-refractivity contribution in [2.75, 3.05) is 10.1 Å². The molecule has 0 aromatic carbocycles. The summed E-state index contributed by atoms with van der Waals surface area (Å²) in [5, 5.41) is 12.5. The van der Waals surface area contributed by atoms with Gasteiger partial charge >= 0.3 is 5.69 Å². The van der Waals surface area contributed by atoms with Crippen LogP contribution < -0.4 is 16.0 Å². The van der Waals surface area contributed by atoms with Crippen LogP contribution in [-0.4, -0.2) is 18.3 Å². The highest BCUT2D eigenvalue weighted by molar-refractivity contribution is 7.95. The molecule has 0 aliphatic carbocycles. The molecule has 0 atom stereocenters. The lowest BCUT2D eigenvalue weighted by Crippen LogP contribution is -2.11. The Morgan fingerprint density at radius 1 is 1.47 bits per heavy atom. The minimum atomic E-state index is -3.91. The molecule has 0 spiro atoms. The molecule has 12 heteroatoms. The van der Waals surface area contributed by atoms with Crippen LogP contribution in [0.25, 0.3) is 0 Å². The SMILES string of the molecule is NNc1sc(S(=O)(=O)Nc2nccs2)cc1[N+](=O)[O-]. The summed E-state index contributed by atoms with van der Waals surface area (Å²) < 4.78 is 26.0. The van der Waals surface area contributed by atoms with Crippen molar-refractivity contribution in [3.8, 4) is 0 Å². The van der Waals surface area contributed by atoms with Crippen LogP contribution in [0.3, 0.4) is 0 Å². The van der Waals surface area contributed by atoms with Gasteiger partial charge in [0.15, 0.2) is 10.1 Å². The Labute approximate surface area is 115 Å². The Balaban J connectivity index is 2.38. The van der Waals surface area contributed by atoms with Gasteiger partial charge in [-0.1, -0.05) is 11.3 Å². The van der Waals surface area contributed by atoms with E-state index in [0.717, 1.165) is 17.4 Å². The number of nitrogens with one attached hydrogen (secondary N) is 2. The van der Waals surface area contributed by atoms with Crippen molar-refractivity contribution in [1.29, 1.82) is 0 Å². The van der Waals surface area contributed by atoms with Crippen molar-refractivity contribution in [2.24, 2.45) is 5.84 Å². The number of thiazole rings is 1. The second-order valence-electron chi connectivity index (χ2n) is 3.12. The van der Waals surface area contributed by atoms with E-state index in [9.17, 15) is 18.5 Å². The molecule has 0 unspecified atom stereocenters. The van der Waals surface area contributed by atoms with Crippen LogP contribution in [0.2, 0.25) is 0 Å². The summed E-state index contributed by atoms with van der Waals surface area (Å²) in [4.78, 5) is 13.8. The van der Waals surface area contributed by atoms with Crippen LogP contribution in [0.4, 0.5) is 15.8 Å². The Hall–Kier alpha value is -1.76. The lowest BCUT2D eigenvalue weighted by molar-refractivity contribution is -0.383. The van der Waals surface area contributed by atoms with E-state index in [1.807, 2.05) is 0 Å². The zero-order valence-corrected chi connectivity index (χ0v) is 11.5. The molecule has 0 fully saturated rings. The summed E-state index contributed by atoms with van der Waals surface area (Å²) in [5.74, 6) is 5.11. The number of hydrazine groups is 1. The molecule has 0 aliphatic heterocycles. The molecule has 0 saturated carbocycles. The fourth-order valence-electron chi connectivity index (χ4n) is 1.17. The van der Waals surface area contributed by atoms with Gasteiger partial charge in [-0.2, -0.15) is 0 Å². The maximum absolute atomic E-state index is 12.0. The van der Waals surface area contributed by atoms with Crippen molar-refractivity contribution >= 4 is 48.5 Å². The maximum atomic E-state index is 12.0. The molecular formula is C7H7N5O4S3. The third-order valence-corrected chi connectivity index (χ3v) is 5.62. The van der Waals surface area contributed by atoms with Crippen molar-refractivity contribution in [1.82, 2.24) is 4.98 Å². The van der Waals surface area contributed by atoms with Gasteiger partial charge in [0.2, 0.25) is 0 Å². The second-order valence-corrected chi connectivity index (χ2v) is 6.98. The lowest BCUT2D eigenvalue weighted by atomic mass is 10.5. The molecule has 0 aliphatic rings. The molecule has 4 N–H and O–H groups in total. The van der Waals surface area contributed by atoms with Gasteiger partial charge in [-0.05, 0) is 0 Å². The summed E-state index contributed by atoms with van der Waals surface area (Å²) >= 11 is 1.76. The van der Waals surface area contributed by atoms with Crippen LogP contribution in [0, 0.1) is 10.1 Å². The zero-order chi connectivity index (χ0) is 14.0. The second kappa shape index (κ2) is 5.08. The predicted octanol–water partition coefficient (Wildman–Crippen LogP) is 1.20. The van der Waals surface area contributed by atoms with Gasteiger partial charge in [0.05, 0.1) is 4.92 Å². The van der Waals surface area contributed by atoms with Crippen LogP contribution >= 0.6 is 22.7 Å². The quantitative estimate of drug-likeness (QED) is 0.427. The van der Waals surface area contributed by atoms with E-state index in [2.05, 4.69) is 15.1 Å². The Bertz CT molecular complexity index is 692. The van der Waals surface area contributed by atoms with Crippen molar-refractivity contribution in [2.45, 2.75) is 4.21 Å². The monoisotopic (exact) mass is 321 g/mol. The number of aromatic nitrogens is 1. The average molecular weight is 321 g/mol. The number of nitro groups is 1. The van der Waals surface area contributed by atoms with E-state index in [1.54, 1.807) is 5.38 Å². The van der Waals surface area contributed by atoms with E-state index in [1.165, 1.54) is 6.20 Å². The number of nitrogens with zero attached hydrogens (tertiary/aromatic N) is 2. The van der Waals surface area contributed by atoms with Gasteiger partial charge < -0.3 is 5.43 Å². The first kappa shape index (κ1) is 13.7. The Morgan fingerprint density at radius 2 is 2.21 bits per heavy atom. The summed E-state index contributed by atoms with van der Waals surface area (Å²) in [6.07, 6.45) is 1.44. The van der Waals surface area contributed by atoms with E-state index in [0.29, 0.717) is 11.3 Å². The summed E-state index contributed by atoms with van der Waals surface area (Å²) in [7, 11) is -3.91. The number of rotatable bonds is 5. The summed E-state index contributed by atoms with van der Waals surface area (Å²) in [6, 6.07) is 0.940. The van der Waals surface area contributed by atoms with E-state index in [-0.39, 0.29) is 14.3 Å². The summed E-state index contributed by atoms with van der Waals surface area (Å²) in [6.45, 7) is 0. The predicted molar refractivity (Wildman–Crippen MR) is 71.7 cm³/mol. The van der Waals surface area contributed by atoms with Crippen molar-refractivity contribution in [3.05, 3.63) is 27.8 Å². The minimum absolute atomic E-state index is 0.0375. The highest BCUT2D eigenvalue weighted by Gasteiger charge is 2.26. The van der Waals surface area contributed by atoms with Crippen LogP contribution in [-0.2, 0) is 10.0 Å². The number of thiophene rings is 1. The van der Waals surface area contributed by atoms with Crippen LogP contribution in [0.15, 0.2) is 21.9 Å². The Kier molecular flexibility index (Phi) is 3.66. The lowest BCUT2D eigenvalue weighted by Gasteiger charge is -2.00. The first-order valence-corrected chi connectivity index (χ1v) is 7.79. The third-order valence-electron chi connectivity index (χ3n) is 1.94. The molecule has 2 rings (SSSR count). The highest BCUT2D eigenvalue weighted by Crippen LogP contribution is 2.36. The number of hydrogen-bond acceptors (Lipinski definition) is 9. The van der Waals surface area contributed by atoms with Gasteiger partial charge in [0.1, 0.15) is 4.21 Å². The van der Waals surface area contributed by atoms with Gasteiger partial charge in [-0.3, -0.25) is 14.8 Å². The standard InChI is InChI=1S/C7H7N5O4S3/c8-10-6-4(12(13)14)3-5(18-6)19(15,16)11-7-9-1-2-17-7/h1-3,10H,8H2,(H,9,11). The van der Waals surface area contributed by atoms with Crippen LogP contribution in [0.1, 0.15) is 0 Å². The van der Waals surface area contributed by atoms with E-state index >= 15 is 0 Å². The van der Waals surface area contributed by atoms with Gasteiger partial charge in [0.25, 0.3) is 10.0 Å². The first-order chi connectivity index (χ1) is 8.94. The molecular weight excluding hydrogens is 314 g/mol. The fourth-order valence-corrected chi connectivity index (χ4v) is 4.20.